The van der Waals surface area contributed by atoms with Crippen molar-refractivity contribution in [3.8, 4) is 0 Å². The Hall–Kier alpha value is -0.820. The average Bonchev–Trinajstić information content (AvgIpc) is 2.38. The first-order valence-electron chi connectivity index (χ1n) is 6.75. The van der Waals surface area contributed by atoms with E-state index in [1.165, 1.54) is 12.1 Å². The minimum absolute atomic E-state index is 0.0973. The van der Waals surface area contributed by atoms with Crippen LogP contribution in [0, 0.1) is 12.3 Å². The maximum atomic E-state index is 12.4. The molecule has 7 heteroatoms. The van der Waals surface area contributed by atoms with Gasteiger partial charge in [-0.05, 0) is 42.9 Å². The molecule has 0 saturated carbocycles. The second-order valence-electron chi connectivity index (χ2n) is 5.93. The van der Waals surface area contributed by atoms with Gasteiger partial charge in [0.2, 0.25) is 10.0 Å². The number of sulfonamides is 1. The third kappa shape index (κ3) is 5.14. The van der Waals surface area contributed by atoms with E-state index in [9.17, 15) is 8.42 Å². The summed E-state index contributed by atoms with van der Waals surface area (Å²) in [6.45, 7) is 5.92. The summed E-state index contributed by atoms with van der Waals surface area (Å²) in [7, 11) is -3.67. The highest BCUT2D eigenvalue weighted by Crippen LogP contribution is 2.27. The number of nitrogens with one attached hydrogen (secondary N) is 1. The van der Waals surface area contributed by atoms with Gasteiger partial charge in [0.25, 0.3) is 0 Å². The molecule has 0 heterocycles. The van der Waals surface area contributed by atoms with E-state index in [4.69, 9.17) is 22.4 Å². The van der Waals surface area contributed by atoms with Crippen molar-refractivity contribution in [1.82, 2.24) is 4.72 Å². The molecule has 0 bridgehead atoms. The molecule has 0 aliphatic carbocycles. The number of nitrogen functional groups attached to an aromatic ring is 1. The van der Waals surface area contributed by atoms with E-state index in [1.54, 1.807) is 6.92 Å². The van der Waals surface area contributed by atoms with Crippen molar-refractivity contribution in [2.75, 3.05) is 18.9 Å². The normalized spacial score (nSPS) is 12.6. The molecular weight excluding hydrogens is 312 g/mol. The fourth-order valence-corrected chi connectivity index (χ4v) is 3.80. The summed E-state index contributed by atoms with van der Waals surface area (Å²) in [4.78, 5) is 0.102. The van der Waals surface area contributed by atoms with Crippen LogP contribution in [0.5, 0.6) is 0 Å². The van der Waals surface area contributed by atoms with Gasteiger partial charge in [0.1, 0.15) is 0 Å². The highest BCUT2D eigenvalue weighted by atomic mass is 35.5. The van der Waals surface area contributed by atoms with E-state index < -0.39 is 10.0 Å². The molecule has 0 saturated heterocycles. The molecule has 0 amide bonds. The molecule has 120 valence electrons. The minimum Gasteiger partial charge on any atom is -0.398 e. The summed E-state index contributed by atoms with van der Waals surface area (Å²) in [5.74, 6) is 0. The second-order valence-corrected chi connectivity index (χ2v) is 8.11. The molecule has 1 aromatic rings. The van der Waals surface area contributed by atoms with E-state index in [0.717, 1.165) is 6.42 Å². The molecule has 0 atom stereocenters. The van der Waals surface area contributed by atoms with E-state index in [0.29, 0.717) is 17.7 Å². The fraction of sp³-hybridized carbons (Fsp3) is 0.571. The molecule has 0 unspecified atom stereocenters. The third-order valence-electron chi connectivity index (χ3n) is 3.41. The molecule has 5 nitrogen and oxygen atoms in total. The molecule has 0 aliphatic heterocycles. The monoisotopic (exact) mass is 334 g/mol. The van der Waals surface area contributed by atoms with E-state index in [2.05, 4.69) is 4.72 Å². The van der Waals surface area contributed by atoms with Gasteiger partial charge in [0, 0.05) is 23.9 Å². The van der Waals surface area contributed by atoms with E-state index in [-0.39, 0.29) is 28.5 Å². The first-order chi connectivity index (χ1) is 9.59. The van der Waals surface area contributed by atoms with Gasteiger partial charge in [0.15, 0.2) is 0 Å². The molecule has 0 aliphatic rings. The minimum atomic E-state index is -3.67. The third-order valence-corrected chi connectivity index (χ3v) is 5.15. The quantitative estimate of drug-likeness (QED) is 0.667. The predicted octanol–water partition coefficient (Wildman–Crippen LogP) is 2.31. The zero-order valence-electron chi connectivity index (χ0n) is 12.6. The molecule has 0 aromatic heterocycles. The number of aliphatic hydroxyl groups excluding tert-OH is 1. The number of benzene rings is 1. The van der Waals surface area contributed by atoms with Crippen LogP contribution < -0.4 is 10.5 Å². The molecule has 0 spiro atoms. The molecule has 1 aromatic carbocycles. The van der Waals surface area contributed by atoms with Crippen molar-refractivity contribution < 1.29 is 13.5 Å². The standard InChI is InChI=1S/C14H23ClN2O3S/c1-10-12(16)7-11(15)8-13(10)21(19,20)17-9-14(2,3)5-4-6-18/h7-8,17-18H,4-6,9,16H2,1-3H3. The van der Waals surface area contributed by atoms with Crippen LogP contribution in [0.25, 0.3) is 0 Å². The molecule has 0 radical (unpaired) electrons. The van der Waals surface area contributed by atoms with E-state index in [1.807, 2.05) is 13.8 Å². The Morgan fingerprint density at radius 1 is 1.38 bits per heavy atom. The van der Waals surface area contributed by atoms with E-state index >= 15 is 0 Å². The zero-order chi connectivity index (χ0) is 16.3. The summed E-state index contributed by atoms with van der Waals surface area (Å²) in [5.41, 5.74) is 6.35. The smallest absolute Gasteiger partial charge is 0.240 e. The lowest BCUT2D eigenvalue weighted by Gasteiger charge is -2.25. The maximum Gasteiger partial charge on any atom is 0.240 e. The van der Waals surface area contributed by atoms with Gasteiger partial charge < -0.3 is 10.8 Å². The Bertz CT molecular complexity index is 600. The summed E-state index contributed by atoms with van der Waals surface area (Å²) in [6, 6.07) is 2.93. The van der Waals surface area contributed by atoms with Crippen LogP contribution in [-0.4, -0.2) is 26.7 Å². The van der Waals surface area contributed by atoms with Gasteiger partial charge in [0.05, 0.1) is 4.90 Å². The zero-order valence-corrected chi connectivity index (χ0v) is 14.2. The lowest BCUT2D eigenvalue weighted by atomic mass is 9.88. The van der Waals surface area contributed by atoms with Crippen molar-refractivity contribution in [3.05, 3.63) is 22.7 Å². The highest BCUT2D eigenvalue weighted by Gasteiger charge is 2.24. The number of rotatable bonds is 7. The van der Waals surface area contributed by atoms with Crippen molar-refractivity contribution in [2.24, 2.45) is 5.41 Å². The van der Waals surface area contributed by atoms with Crippen LogP contribution in [0.3, 0.4) is 0 Å². The Kier molecular flexibility index (Phi) is 6.04. The number of anilines is 1. The number of nitrogens with two attached hydrogens (primary N) is 1. The maximum absolute atomic E-state index is 12.4. The van der Waals surface area contributed by atoms with Gasteiger partial charge in [-0.25, -0.2) is 13.1 Å². The van der Waals surface area contributed by atoms with Crippen LogP contribution in [0.4, 0.5) is 5.69 Å². The van der Waals surface area contributed by atoms with Crippen LogP contribution in [0.15, 0.2) is 17.0 Å². The average molecular weight is 335 g/mol. The summed E-state index contributed by atoms with van der Waals surface area (Å²) >= 11 is 5.89. The molecule has 21 heavy (non-hydrogen) atoms. The van der Waals surface area contributed by atoms with Crippen molar-refractivity contribution >= 4 is 27.3 Å². The number of aliphatic hydroxyl groups is 1. The topological polar surface area (TPSA) is 92.4 Å². The largest absolute Gasteiger partial charge is 0.398 e. The Balaban J connectivity index is 2.93. The first-order valence-corrected chi connectivity index (χ1v) is 8.61. The van der Waals surface area contributed by atoms with Crippen molar-refractivity contribution in [1.29, 1.82) is 0 Å². The lowest BCUT2D eigenvalue weighted by Crippen LogP contribution is -2.34. The van der Waals surface area contributed by atoms with Crippen LogP contribution in [0.2, 0.25) is 5.02 Å². The fourth-order valence-electron chi connectivity index (χ4n) is 1.97. The summed E-state index contributed by atoms with van der Waals surface area (Å²) < 4.78 is 27.4. The number of hydrogen-bond donors (Lipinski definition) is 3. The SMILES string of the molecule is Cc1c(N)cc(Cl)cc1S(=O)(=O)NCC(C)(C)CCCO. The Labute approximate surface area is 131 Å². The van der Waals surface area contributed by atoms with Gasteiger partial charge in [-0.2, -0.15) is 0 Å². The Morgan fingerprint density at radius 3 is 2.57 bits per heavy atom. The van der Waals surface area contributed by atoms with Crippen LogP contribution in [0.1, 0.15) is 32.3 Å². The summed E-state index contributed by atoms with van der Waals surface area (Å²) in [5, 5.41) is 9.16. The molecule has 1 rings (SSSR count). The van der Waals surface area contributed by atoms with Gasteiger partial charge in [-0.3, -0.25) is 0 Å². The molecule has 4 N–H and O–H groups in total. The number of halogens is 1. The predicted molar refractivity (Wildman–Crippen MR) is 85.9 cm³/mol. The van der Waals surface area contributed by atoms with Crippen molar-refractivity contribution in [3.63, 3.8) is 0 Å². The van der Waals surface area contributed by atoms with Crippen LogP contribution in [-0.2, 0) is 10.0 Å². The first kappa shape index (κ1) is 18.2. The summed E-state index contributed by atoms with van der Waals surface area (Å²) in [6.07, 6.45) is 1.36. The van der Waals surface area contributed by atoms with Crippen molar-refractivity contribution in [2.45, 2.75) is 38.5 Å². The number of hydrogen-bond acceptors (Lipinski definition) is 4. The lowest BCUT2D eigenvalue weighted by molar-refractivity contribution is 0.242. The molecule has 0 fully saturated rings. The molecular formula is C14H23ClN2O3S. The second kappa shape index (κ2) is 6.96. The van der Waals surface area contributed by atoms with Gasteiger partial charge >= 0.3 is 0 Å². The van der Waals surface area contributed by atoms with Crippen LogP contribution >= 0.6 is 11.6 Å². The van der Waals surface area contributed by atoms with Gasteiger partial charge in [-0.1, -0.05) is 25.4 Å². The van der Waals surface area contributed by atoms with Gasteiger partial charge in [-0.15, -0.1) is 0 Å². The Morgan fingerprint density at radius 2 is 2.00 bits per heavy atom. The highest BCUT2D eigenvalue weighted by molar-refractivity contribution is 7.89.